The van der Waals surface area contributed by atoms with Gasteiger partial charge < -0.3 is 5.11 Å². The second kappa shape index (κ2) is 6.35. The highest BCUT2D eigenvalue weighted by Crippen LogP contribution is 2.28. The lowest BCUT2D eigenvalue weighted by molar-refractivity contribution is 0.173. The van der Waals surface area contributed by atoms with Gasteiger partial charge in [0, 0.05) is 26.0 Å². The lowest BCUT2D eigenvalue weighted by atomic mass is 10.0. The largest absolute Gasteiger partial charge is 0.388 e. The first-order chi connectivity index (χ1) is 8.97. The van der Waals surface area contributed by atoms with E-state index in [2.05, 4.69) is 31.9 Å². The highest BCUT2D eigenvalue weighted by atomic mass is 79.9. The maximum Gasteiger partial charge on any atom is 0.129 e. The second-order valence-corrected chi connectivity index (χ2v) is 6.36. The van der Waals surface area contributed by atoms with Crippen molar-refractivity contribution < 1.29 is 9.50 Å². The monoisotopic (exact) mass is 406 g/mol. The fraction of sp³-hybridized carbons (Fsp3) is 0.143. The number of halogens is 4. The molecule has 1 N–H and O–H groups in total. The maximum atomic E-state index is 13.7. The van der Waals surface area contributed by atoms with Gasteiger partial charge in [-0.05, 0) is 35.9 Å². The van der Waals surface area contributed by atoms with Gasteiger partial charge >= 0.3 is 0 Å². The van der Waals surface area contributed by atoms with E-state index in [0.717, 1.165) is 14.5 Å². The Morgan fingerprint density at radius 1 is 1.11 bits per heavy atom. The van der Waals surface area contributed by atoms with Crippen LogP contribution in [-0.2, 0) is 6.42 Å². The summed E-state index contributed by atoms with van der Waals surface area (Å²) in [6, 6.07) is 9.90. The van der Waals surface area contributed by atoms with Crippen LogP contribution in [0.5, 0.6) is 0 Å². The molecule has 0 amide bonds. The lowest BCUT2D eigenvalue weighted by Crippen LogP contribution is -2.05. The molecule has 5 heteroatoms. The van der Waals surface area contributed by atoms with Crippen molar-refractivity contribution >= 4 is 43.5 Å². The Morgan fingerprint density at radius 3 is 2.42 bits per heavy atom. The summed E-state index contributed by atoms with van der Waals surface area (Å²) in [5.41, 5.74) is 1.03. The van der Waals surface area contributed by atoms with Crippen LogP contribution in [0.2, 0.25) is 5.02 Å². The van der Waals surface area contributed by atoms with Crippen molar-refractivity contribution in [2.24, 2.45) is 0 Å². The van der Waals surface area contributed by atoms with Crippen LogP contribution in [0, 0.1) is 5.82 Å². The maximum absolute atomic E-state index is 13.7. The molecular formula is C14H10Br2ClFO. The minimum Gasteiger partial charge on any atom is -0.388 e. The first-order valence-corrected chi connectivity index (χ1v) is 7.50. The van der Waals surface area contributed by atoms with Crippen molar-refractivity contribution in [1.29, 1.82) is 0 Å². The Labute approximate surface area is 132 Å². The van der Waals surface area contributed by atoms with Gasteiger partial charge in [0.25, 0.3) is 0 Å². The molecular weight excluding hydrogens is 398 g/mol. The van der Waals surface area contributed by atoms with Crippen LogP contribution >= 0.6 is 43.5 Å². The summed E-state index contributed by atoms with van der Waals surface area (Å²) < 4.78 is 15.3. The van der Waals surface area contributed by atoms with E-state index in [1.54, 1.807) is 18.2 Å². The predicted molar refractivity (Wildman–Crippen MR) is 81.9 cm³/mol. The van der Waals surface area contributed by atoms with Crippen molar-refractivity contribution in [3.05, 3.63) is 67.3 Å². The first-order valence-electron chi connectivity index (χ1n) is 5.54. The molecule has 2 rings (SSSR count). The number of hydrogen-bond acceptors (Lipinski definition) is 1. The molecule has 0 radical (unpaired) electrons. The van der Waals surface area contributed by atoms with Crippen molar-refractivity contribution in [3.8, 4) is 0 Å². The summed E-state index contributed by atoms with van der Waals surface area (Å²) >= 11 is 12.7. The molecule has 1 nitrogen and oxygen atoms in total. The van der Waals surface area contributed by atoms with Crippen LogP contribution in [0.1, 0.15) is 17.2 Å². The Bertz CT molecular complexity index is 604. The SMILES string of the molecule is OC(Cc1ccc(Br)cc1Cl)c1cc(Br)ccc1F. The molecule has 2 aromatic carbocycles. The van der Waals surface area contributed by atoms with Crippen LogP contribution in [-0.4, -0.2) is 5.11 Å². The molecule has 1 unspecified atom stereocenters. The third-order valence-corrected chi connectivity index (χ3v) is 4.08. The number of hydrogen-bond donors (Lipinski definition) is 1. The topological polar surface area (TPSA) is 20.2 Å². The summed E-state index contributed by atoms with van der Waals surface area (Å²) in [5, 5.41) is 10.7. The highest BCUT2D eigenvalue weighted by Gasteiger charge is 2.15. The lowest BCUT2D eigenvalue weighted by Gasteiger charge is -2.13. The molecule has 100 valence electrons. The Hall–Kier alpha value is -0.420. The molecule has 0 spiro atoms. The summed E-state index contributed by atoms with van der Waals surface area (Å²) in [6.07, 6.45) is -0.671. The van der Waals surface area contributed by atoms with Crippen LogP contribution in [0.15, 0.2) is 45.3 Å². The quantitative estimate of drug-likeness (QED) is 0.733. The van der Waals surface area contributed by atoms with Gasteiger partial charge in [0.1, 0.15) is 5.82 Å². The molecule has 0 heterocycles. The molecule has 0 aliphatic heterocycles. The third-order valence-electron chi connectivity index (χ3n) is 2.75. The van der Waals surface area contributed by atoms with Gasteiger partial charge in [-0.15, -0.1) is 0 Å². The van der Waals surface area contributed by atoms with Gasteiger partial charge in [-0.2, -0.15) is 0 Å². The fourth-order valence-electron chi connectivity index (χ4n) is 1.78. The molecule has 0 bridgehead atoms. The van der Waals surface area contributed by atoms with Crippen molar-refractivity contribution in [3.63, 3.8) is 0 Å². The molecule has 0 fully saturated rings. The molecule has 0 aliphatic rings. The van der Waals surface area contributed by atoms with E-state index in [0.29, 0.717) is 5.02 Å². The summed E-state index contributed by atoms with van der Waals surface area (Å²) in [6.45, 7) is 0. The van der Waals surface area contributed by atoms with E-state index in [1.807, 2.05) is 12.1 Å². The van der Waals surface area contributed by atoms with E-state index in [9.17, 15) is 9.50 Å². The normalized spacial score (nSPS) is 12.5. The van der Waals surface area contributed by atoms with Gasteiger partial charge in [0.2, 0.25) is 0 Å². The Kier molecular flexibility index (Phi) is 5.01. The zero-order valence-corrected chi connectivity index (χ0v) is 13.6. The van der Waals surface area contributed by atoms with Crippen LogP contribution in [0.3, 0.4) is 0 Å². The highest BCUT2D eigenvalue weighted by molar-refractivity contribution is 9.10. The number of benzene rings is 2. The molecule has 2 aromatic rings. The Balaban J connectivity index is 2.25. The standard InChI is InChI=1S/C14H10Br2ClFO/c15-9-3-4-13(18)11(6-9)14(19)5-8-1-2-10(16)7-12(8)17/h1-4,6-7,14,19H,5H2. The van der Waals surface area contributed by atoms with E-state index in [4.69, 9.17) is 11.6 Å². The summed E-state index contributed by atoms with van der Waals surface area (Å²) in [5.74, 6) is -0.427. The van der Waals surface area contributed by atoms with Gasteiger partial charge in [0.05, 0.1) is 6.10 Å². The Morgan fingerprint density at radius 2 is 1.74 bits per heavy atom. The third kappa shape index (κ3) is 3.78. The van der Waals surface area contributed by atoms with Crippen LogP contribution in [0.4, 0.5) is 4.39 Å². The average molecular weight is 408 g/mol. The minimum absolute atomic E-state index is 0.258. The van der Waals surface area contributed by atoms with Crippen LogP contribution < -0.4 is 0 Å². The molecule has 0 aliphatic carbocycles. The number of aliphatic hydroxyl groups excluding tert-OH is 1. The number of aliphatic hydroxyl groups is 1. The smallest absolute Gasteiger partial charge is 0.129 e. The molecule has 0 saturated heterocycles. The molecule has 19 heavy (non-hydrogen) atoms. The first kappa shape index (κ1) is 15.0. The zero-order chi connectivity index (χ0) is 14.0. The fourth-order valence-corrected chi connectivity index (χ4v) is 2.90. The van der Waals surface area contributed by atoms with E-state index in [-0.39, 0.29) is 12.0 Å². The van der Waals surface area contributed by atoms with E-state index in [1.165, 1.54) is 6.07 Å². The van der Waals surface area contributed by atoms with Crippen molar-refractivity contribution in [2.45, 2.75) is 12.5 Å². The van der Waals surface area contributed by atoms with Gasteiger partial charge in [-0.25, -0.2) is 4.39 Å². The average Bonchev–Trinajstić information content (AvgIpc) is 2.35. The number of rotatable bonds is 3. The van der Waals surface area contributed by atoms with Crippen molar-refractivity contribution in [2.75, 3.05) is 0 Å². The summed E-state index contributed by atoms with van der Waals surface area (Å²) in [4.78, 5) is 0. The van der Waals surface area contributed by atoms with E-state index < -0.39 is 11.9 Å². The molecule has 0 saturated carbocycles. The molecule has 1 atom stereocenters. The van der Waals surface area contributed by atoms with Crippen LogP contribution in [0.25, 0.3) is 0 Å². The van der Waals surface area contributed by atoms with Crippen molar-refractivity contribution in [1.82, 2.24) is 0 Å². The van der Waals surface area contributed by atoms with Gasteiger partial charge in [0.15, 0.2) is 0 Å². The predicted octanol–water partition coefficient (Wildman–Crippen LogP) is 5.28. The van der Waals surface area contributed by atoms with Gasteiger partial charge in [-0.1, -0.05) is 49.5 Å². The second-order valence-electron chi connectivity index (χ2n) is 4.12. The minimum atomic E-state index is -0.934. The molecule has 0 aromatic heterocycles. The van der Waals surface area contributed by atoms with E-state index >= 15 is 0 Å². The van der Waals surface area contributed by atoms with Gasteiger partial charge in [-0.3, -0.25) is 0 Å². The zero-order valence-electron chi connectivity index (χ0n) is 9.71. The summed E-state index contributed by atoms with van der Waals surface area (Å²) in [7, 11) is 0.